The fourth-order valence-corrected chi connectivity index (χ4v) is 2.30. The molecule has 1 aliphatic rings. The number of hydrogen-bond donors (Lipinski definition) is 3. The number of carbonyl (C=O) groups is 2. The van der Waals surface area contributed by atoms with E-state index in [1.54, 1.807) is 6.92 Å². The summed E-state index contributed by atoms with van der Waals surface area (Å²) in [5.74, 6) is -0.312. The van der Waals surface area contributed by atoms with E-state index in [2.05, 4.69) is 15.8 Å². The number of carboxylic acids is 1. The van der Waals surface area contributed by atoms with Crippen LogP contribution in [0, 0.1) is 12.3 Å². The molecule has 0 bridgehead atoms. The Bertz CT molecular complexity index is 520. The van der Waals surface area contributed by atoms with Crippen LogP contribution in [0.5, 0.6) is 0 Å². The van der Waals surface area contributed by atoms with Crippen molar-refractivity contribution in [2.75, 3.05) is 11.9 Å². The average molecular weight is 281 g/mol. The molecule has 2 rings (SSSR count). The molecule has 0 saturated heterocycles. The van der Waals surface area contributed by atoms with E-state index >= 15 is 0 Å². The number of nitrogens with one attached hydrogen (secondary N) is 2. The van der Waals surface area contributed by atoms with Crippen molar-refractivity contribution in [2.45, 2.75) is 39.5 Å². The molecule has 20 heavy (non-hydrogen) atoms. The van der Waals surface area contributed by atoms with Gasteiger partial charge in [0.25, 0.3) is 0 Å². The highest BCUT2D eigenvalue weighted by Gasteiger charge is 2.44. The highest BCUT2D eigenvalue weighted by Crippen LogP contribution is 2.40. The summed E-state index contributed by atoms with van der Waals surface area (Å²) in [5.41, 5.74) is 0.437. The van der Waals surface area contributed by atoms with Gasteiger partial charge in [0, 0.05) is 6.54 Å². The highest BCUT2D eigenvalue weighted by molar-refractivity contribution is 5.90. The van der Waals surface area contributed by atoms with Crippen LogP contribution in [-0.2, 0) is 11.2 Å². The lowest BCUT2D eigenvalue weighted by Crippen LogP contribution is -2.48. The first kappa shape index (κ1) is 14.4. The standard InChI is InChI=1S/C13H19N3O4/c1-3-9-10(8(2)20-16-9)15-12(19)14-7-13(11(17)18)5-4-6-13/h3-7H2,1-2H3,(H,17,18)(H2,14,15,19). The van der Waals surface area contributed by atoms with Crippen molar-refractivity contribution in [3.05, 3.63) is 11.5 Å². The third-order valence-electron chi connectivity index (χ3n) is 3.86. The Morgan fingerprint density at radius 1 is 1.45 bits per heavy atom. The van der Waals surface area contributed by atoms with E-state index in [1.807, 2.05) is 6.92 Å². The third-order valence-corrected chi connectivity index (χ3v) is 3.86. The van der Waals surface area contributed by atoms with E-state index in [0.29, 0.717) is 36.4 Å². The number of rotatable bonds is 5. The largest absolute Gasteiger partial charge is 0.481 e. The van der Waals surface area contributed by atoms with Gasteiger partial charge in [0.15, 0.2) is 5.76 Å². The van der Waals surface area contributed by atoms with Gasteiger partial charge in [0.1, 0.15) is 11.4 Å². The molecule has 0 radical (unpaired) electrons. The van der Waals surface area contributed by atoms with Gasteiger partial charge >= 0.3 is 12.0 Å². The van der Waals surface area contributed by atoms with Gasteiger partial charge in [-0.1, -0.05) is 18.5 Å². The number of aliphatic carboxylic acids is 1. The fourth-order valence-electron chi connectivity index (χ4n) is 2.30. The first-order chi connectivity index (χ1) is 9.48. The summed E-state index contributed by atoms with van der Waals surface area (Å²) in [6.45, 7) is 3.76. The smallest absolute Gasteiger partial charge is 0.319 e. The molecule has 0 aliphatic heterocycles. The Balaban J connectivity index is 1.93. The molecule has 7 heteroatoms. The summed E-state index contributed by atoms with van der Waals surface area (Å²) in [5, 5.41) is 18.3. The molecule has 0 spiro atoms. The zero-order valence-electron chi connectivity index (χ0n) is 11.7. The Kier molecular flexibility index (Phi) is 3.96. The summed E-state index contributed by atoms with van der Waals surface area (Å²) in [6.07, 6.45) is 2.75. The number of hydrogen-bond acceptors (Lipinski definition) is 4. The Labute approximate surface area is 116 Å². The average Bonchev–Trinajstić information content (AvgIpc) is 2.68. The van der Waals surface area contributed by atoms with Crippen LogP contribution in [0.4, 0.5) is 10.5 Å². The first-order valence-electron chi connectivity index (χ1n) is 6.72. The minimum absolute atomic E-state index is 0.139. The van der Waals surface area contributed by atoms with Gasteiger partial charge in [-0.15, -0.1) is 0 Å². The molecule has 1 aliphatic carbocycles. The lowest BCUT2D eigenvalue weighted by molar-refractivity contribution is -0.153. The second-order valence-corrected chi connectivity index (χ2v) is 5.16. The number of nitrogens with zero attached hydrogens (tertiary/aromatic N) is 1. The molecule has 1 fully saturated rings. The number of urea groups is 1. The number of carboxylic acid groups (broad SMARTS) is 1. The van der Waals surface area contributed by atoms with Gasteiger partial charge in [-0.05, 0) is 26.2 Å². The van der Waals surface area contributed by atoms with Crippen LogP contribution < -0.4 is 10.6 Å². The Morgan fingerprint density at radius 2 is 2.15 bits per heavy atom. The summed E-state index contributed by atoms with van der Waals surface area (Å²) < 4.78 is 5.02. The summed E-state index contributed by atoms with van der Waals surface area (Å²) >= 11 is 0. The van der Waals surface area contributed by atoms with Crippen molar-refractivity contribution in [3.63, 3.8) is 0 Å². The molecule has 110 valence electrons. The highest BCUT2D eigenvalue weighted by atomic mass is 16.5. The van der Waals surface area contributed by atoms with Crippen molar-refractivity contribution in [3.8, 4) is 0 Å². The first-order valence-corrected chi connectivity index (χ1v) is 6.72. The molecule has 0 unspecified atom stereocenters. The van der Waals surface area contributed by atoms with Crippen molar-refractivity contribution < 1.29 is 19.2 Å². The molecule has 3 N–H and O–H groups in total. The zero-order chi connectivity index (χ0) is 14.8. The number of aromatic nitrogens is 1. The lowest BCUT2D eigenvalue weighted by Gasteiger charge is -2.37. The predicted octanol–water partition coefficient (Wildman–Crippen LogP) is 1.92. The van der Waals surface area contributed by atoms with E-state index in [-0.39, 0.29) is 6.54 Å². The summed E-state index contributed by atoms with van der Waals surface area (Å²) in [6, 6.07) is -0.432. The molecule has 2 amide bonds. The number of aryl methyl sites for hydroxylation is 2. The van der Waals surface area contributed by atoms with Crippen LogP contribution in [0.3, 0.4) is 0 Å². The topological polar surface area (TPSA) is 104 Å². The van der Waals surface area contributed by atoms with Crippen LogP contribution in [0.1, 0.15) is 37.6 Å². The van der Waals surface area contributed by atoms with Crippen molar-refractivity contribution in [1.82, 2.24) is 10.5 Å². The van der Waals surface area contributed by atoms with E-state index in [0.717, 1.165) is 6.42 Å². The molecule has 1 aromatic heterocycles. The second kappa shape index (κ2) is 5.52. The van der Waals surface area contributed by atoms with Crippen LogP contribution in [0.2, 0.25) is 0 Å². The molecule has 7 nitrogen and oxygen atoms in total. The van der Waals surface area contributed by atoms with E-state index < -0.39 is 17.4 Å². The SMILES string of the molecule is CCc1noc(C)c1NC(=O)NCC1(C(=O)O)CCC1. The Morgan fingerprint density at radius 3 is 2.65 bits per heavy atom. The lowest BCUT2D eigenvalue weighted by atomic mass is 9.69. The van der Waals surface area contributed by atoms with E-state index in [9.17, 15) is 14.7 Å². The molecule has 1 saturated carbocycles. The van der Waals surface area contributed by atoms with E-state index in [1.165, 1.54) is 0 Å². The van der Waals surface area contributed by atoms with Crippen molar-refractivity contribution in [1.29, 1.82) is 0 Å². The number of carbonyl (C=O) groups excluding carboxylic acids is 1. The number of anilines is 1. The molecule has 1 aromatic rings. The van der Waals surface area contributed by atoms with E-state index in [4.69, 9.17) is 4.52 Å². The normalized spacial score (nSPS) is 16.3. The maximum Gasteiger partial charge on any atom is 0.319 e. The maximum absolute atomic E-state index is 11.9. The summed E-state index contributed by atoms with van der Waals surface area (Å²) in [4.78, 5) is 23.0. The van der Waals surface area contributed by atoms with Gasteiger partial charge in [0.2, 0.25) is 0 Å². The van der Waals surface area contributed by atoms with Gasteiger partial charge < -0.3 is 20.3 Å². The minimum atomic E-state index is -0.848. The van der Waals surface area contributed by atoms with Gasteiger partial charge in [-0.3, -0.25) is 4.79 Å². The molecule has 0 aromatic carbocycles. The maximum atomic E-state index is 11.9. The Hall–Kier alpha value is -2.05. The number of amides is 2. The zero-order valence-corrected chi connectivity index (χ0v) is 11.7. The predicted molar refractivity (Wildman–Crippen MR) is 71.6 cm³/mol. The van der Waals surface area contributed by atoms with Crippen molar-refractivity contribution >= 4 is 17.7 Å². The molecule has 1 heterocycles. The molecule has 0 atom stereocenters. The quantitative estimate of drug-likeness (QED) is 0.764. The van der Waals surface area contributed by atoms with Crippen LogP contribution in [-0.4, -0.2) is 28.8 Å². The monoisotopic (exact) mass is 281 g/mol. The summed E-state index contributed by atoms with van der Waals surface area (Å²) in [7, 11) is 0. The van der Waals surface area contributed by atoms with Crippen molar-refractivity contribution in [2.24, 2.45) is 5.41 Å². The van der Waals surface area contributed by atoms with Crippen LogP contribution in [0.25, 0.3) is 0 Å². The fraction of sp³-hybridized carbons (Fsp3) is 0.615. The van der Waals surface area contributed by atoms with Gasteiger partial charge in [0.05, 0.1) is 5.41 Å². The van der Waals surface area contributed by atoms with Crippen LogP contribution in [0.15, 0.2) is 4.52 Å². The minimum Gasteiger partial charge on any atom is -0.481 e. The molecular formula is C13H19N3O4. The van der Waals surface area contributed by atoms with Gasteiger partial charge in [-0.25, -0.2) is 4.79 Å². The molecular weight excluding hydrogens is 262 g/mol. The third kappa shape index (κ3) is 2.61. The van der Waals surface area contributed by atoms with Crippen LogP contribution >= 0.6 is 0 Å². The van der Waals surface area contributed by atoms with Gasteiger partial charge in [-0.2, -0.15) is 0 Å². The second-order valence-electron chi connectivity index (χ2n) is 5.16.